The van der Waals surface area contributed by atoms with Gasteiger partial charge < -0.3 is 18.9 Å². The zero-order valence-corrected chi connectivity index (χ0v) is 21.0. The fraction of sp³-hybridized carbons (Fsp3) is 0.367. The van der Waals surface area contributed by atoms with Gasteiger partial charge in [0, 0.05) is 34.9 Å². The fourth-order valence-electron chi connectivity index (χ4n) is 6.03. The number of esters is 1. The first-order valence-electron chi connectivity index (χ1n) is 12.9. The standard InChI is InChI=1S/C30H29NO6/c1-16-9-10-25-20(12-16)29(33)21(15-36-25)27-26(30(34)37-19-6-3-4-7-19)17(2)31-22-13-18(14-23(32)28(22)27)24-8-5-11-35-24/h5,8-12,15,18-19,27,31H,3-4,6-7,13-14H2,1-2H3/t18-,27+/m0/s1. The van der Waals surface area contributed by atoms with E-state index in [1.54, 1.807) is 25.3 Å². The van der Waals surface area contributed by atoms with E-state index >= 15 is 0 Å². The van der Waals surface area contributed by atoms with Crippen LogP contribution in [0.25, 0.3) is 11.0 Å². The zero-order valence-electron chi connectivity index (χ0n) is 21.0. The average molecular weight is 500 g/mol. The summed E-state index contributed by atoms with van der Waals surface area (Å²) in [7, 11) is 0. The Kier molecular flexibility index (Phi) is 5.86. The molecule has 37 heavy (non-hydrogen) atoms. The molecule has 0 bridgehead atoms. The van der Waals surface area contributed by atoms with Gasteiger partial charge in [-0.15, -0.1) is 0 Å². The molecule has 1 aromatic carbocycles. The molecule has 7 heteroatoms. The predicted octanol–water partition coefficient (Wildman–Crippen LogP) is 5.54. The van der Waals surface area contributed by atoms with Crippen molar-refractivity contribution in [2.75, 3.05) is 0 Å². The number of fused-ring (bicyclic) bond motifs is 1. The molecular formula is C30H29NO6. The van der Waals surface area contributed by atoms with Crippen LogP contribution in [-0.2, 0) is 14.3 Å². The molecule has 1 N–H and O–H groups in total. The van der Waals surface area contributed by atoms with Crippen molar-refractivity contribution < 1.29 is 23.2 Å². The Morgan fingerprint density at radius 3 is 2.62 bits per heavy atom. The van der Waals surface area contributed by atoms with Gasteiger partial charge in [-0.3, -0.25) is 9.59 Å². The third-order valence-electron chi connectivity index (χ3n) is 7.83. The topological polar surface area (TPSA) is 98.8 Å². The highest BCUT2D eigenvalue weighted by molar-refractivity contribution is 6.04. The maximum atomic E-state index is 13.8. The number of carbonyl (C=O) groups is 2. The number of nitrogens with one attached hydrogen (secondary N) is 1. The minimum Gasteiger partial charge on any atom is -0.469 e. The number of benzene rings is 1. The number of ketones is 1. The van der Waals surface area contributed by atoms with Crippen LogP contribution in [0.3, 0.4) is 0 Å². The van der Waals surface area contributed by atoms with Crippen molar-refractivity contribution in [1.29, 1.82) is 0 Å². The summed E-state index contributed by atoms with van der Waals surface area (Å²) in [5.41, 5.74) is 3.44. The minimum atomic E-state index is -0.864. The summed E-state index contributed by atoms with van der Waals surface area (Å²) >= 11 is 0. The van der Waals surface area contributed by atoms with Gasteiger partial charge in [-0.1, -0.05) is 11.6 Å². The fourth-order valence-corrected chi connectivity index (χ4v) is 6.03. The summed E-state index contributed by atoms with van der Waals surface area (Å²) in [4.78, 5) is 41.2. The van der Waals surface area contributed by atoms with Gasteiger partial charge in [0.15, 0.2) is 11.2 Å². The summed E-state index contributed by atoms with van der Waals surface area (Å²) in [5, 5.41) is 3.75. The number of allylic oxidation sites excluding steroid dienone is 3. The second-order valence-electron chi connectivity index (χ2n) is 10.4. The van der Waals surface area contributed by atoms with Crippen molar-refractivity contribution in [2.24, 2.45) is 0 Å². The van der Waals surface area contributed by atoms with E-state index in [1.807, 2.05) is 25.1 Å². The molecule has 3 aliphatic rings. The molecule has 1 aliphatic heterocycles. The number of ether oxygens (including phenoxy) is 1. The molecule has 2 aromatic heterocycles. The lowest BCUT2D eigenvalue weighted by molar-refractivity contribution is -0.144. The van der Waals surface area contributed by atoms with Gasteiger partial charge in [0.1, 0.15) is 17.4 Å². The SMILES string of the molecule is CC1=C(C(=O)OC2CCCC2)[C@@H](c2coc3ccc(C)cc3c2=O)C2=C(C[C@H](c3ccco3)CC2=O)N1. The van der Waals surface area contributed by atoms with E-state index in [0.29, 0.717) is 39.9 Å². The Hall–Kier alpha value is -3.87. The quantitative estimate of drug-likeness (QED) is 0.471. The molecule has 0 radical (unpaired) electrons. The van der Waals surface area contributed by atoms with Crippen LogP contribution in [0.2, 0.25) is 0 Å². The van der Waals surface area contributed by atoms with Crippen molar-refractivity contribution in [3.8, 4) is 0 Å². The molecule has 190 valence electrons. The van der Waals surface area contributed by atoms with Crippen molar-refractivity contribution in [3.05, 3.63) is 92.5 Å². The number of hydrogen-bond acceptors (Lipinski definition) is 7. The molecule has 2 atom stereocenters. The molecule has 3 heterocycles. The number of furan rings is 1. The number of Topliss-reactive ketones (excluding diaryl/α,β-unsaturated/α-hetero) is 1. The molecule has 6 rings (SSSR count). The Morgan fingerprint density at radius 1 is 1.05 bits per heavy atom. The van der Waals surface area contributed by atoms with Crippen LogP contribution in [0, 0.1) is 6.92 Å². The van der Waals surface area contributed by atoms with Crippen LogP contribution < -0.4 is 10.7 Å². The highest BCUT2D eigenvalue weighted by atomic mass is 16.5. The first-order chi connectivity index (χ1) is 17.9. The zero-order chi connectivity index (χ0) is 25.7. The molecule has 3 aromatic rings. The van der Waals surface area contributed by atoms with Gasteiger partial charge in [-0.2, -0.15) is 0 Å². The van der Waals surface area contributed by atoms with Gasteiger partial charge in [-0.25, -0.2) is 4.79 Å². The average Bonchev–Trinajstić information content (AvgIpc) is 3.58. The number of rotatable bonds is 4. The van der Waals surface area contributed by atoms with E-state index in [0.717, 1.165) is 37.0 Å². The Balaban J connectivity index is 1.49. The third kappa shape index (κ3) is 4.12. The van der Waals surface area contributed by atoms with Gasteiger partial charge in [0.05, 0.1) is 29.4 Å². The maximum absolute atomic E-state index is 13.8. The van der Waals surface area contributed by atoms with E-state index in [4.69, 9.17) is 13.6 Å². The summed E-state index contributed by atoms with van der Waals surface area (Å²) in [6, 6.07) is 9.11. The number of carbonyl (C=O) groups excluding carboxylic acids is 2. The van der Waals surface area contributed by atoms with E-state index in [-0.39, 0.29) is 35.2 Å². The molecule has 0 saturated heterocycles. The molecular weight excluding hydrogens is 470 g/mol. The lowest BCUT2D eigenvalue weighted by Crippen LogP contribution is -2.38. The summed E-state index contributed by atoms with van der Waals surface area (Å²) in [6.45, 7) is 3.71. The molecule has 1 saturated carbocycles. The van der Waals surface area contributed by atoms with Gasteiger partial charge in [-0.05, 0) is 70.2 Å². The van der Waals surface area contributed by atoms with Gasteiger partial charge in [0.25, 0.3) is 0 Å². The summed E-state index contributed by atoms with van der Waals surface area (Å²) < 4.78 is 17.4. The molecule has 0 amide bonds. The number of hydrogen-bond donors (Lipinski definition) is 1. The van der Waals surface area contributed by atoms with Crippen LogP contribution >= 0.6 is 0 Å². The van der Waals surface area contributed by atoms with Gasteiger partial charge >= 0.3 is 5.97 Å². The Morgan fingerprint density at radius 2 is 1.86 bits per heavy atom. The highest BCUT2D eigenvalue weighted by Gasteiger charge is 2.43. The maximum Gasteiger partial charge on any atom is 0.337 e. The van der Waals surface area contributed by atoms with Gasteiger partial charge in [0.2, 0.25) is 0 Å². The van der Waals surface area contributed by atoms with Crippen LogP contribution in [-0.4, -0.2) is 17.9 Å². The molecule has 1 fully saturated rings. The molecule has 2 aliphatic carbocycles. The smallest absolute Gasteiger partial charge is 0.337 e. The second-order valence-corrected chi connectivity index (χ2v) is 10.4. The monoisotopic (exact) mass is 499 g/mol. The van der Waals surface area contributed by atoms with E-state index < -0.39 is 11.9 Å². The predicted molar refractivity (Wildman–Crippen MR) is 137 cm³/mol. The summed E-state index contributed by atoms with van der Waals surface area (Å²) in [5.74, 6) is -0.853. The number of aryl methyl sites for hydroxylation is 1. The van der Waals surface area contributed by atoms with E-state index in [1.165, 1.54) is 6.26 Å². The normalized spacial score (nSPS) is 22.4. The van der Waals surface area contributed by atoms with E-state index in [9.17, 15) is 14.4 Å². The largest absolute Gasteiger partial charge is 0.469 e. The van der Waals surface area contributed by atoms with Crippen LogP contribution in [0.4, 0.5) is 0 Å². The minimum absolute atomic E-state index is 0.121. The molecule has 0 unspecified atom stereocenters. The first-order valence-corrected chi connectivity index (χ1v) is 12.9. The third-order valence-corrected chi connectivity index (χ3v) is 7.83. The van der Waals surface area contributed by atoms with Crippen molar-refractivity contribution in [3.63, 3.8) is 0 Å². The molecule has 7 nitrogen and oxygen atoms in total. The highest BCUT2D eigenvalue weighted by Crippen LogP contribution is 2.45. The van der Waals surface area contributed by atoms with Crippen LogP contribution in [0.15, 0.2) is 79.0 Å². The molecule has 0 spiro atoms. The summed E-state index contributed by atoms with van der Waals surface area (Å²) in [6.07, 6.45) is 7.31. The van der Waals surface area contributed by atoms with Crippen LogP contribution in [0.1, 0.15) is 74.2 Å². The van der Waals surface area contributed by atoms with Crippen LogP contribution in [0.5, 0.6) is 0 Å². The lowest BCUT2D eigenvalue weighted by atomic mass is 9.72. The second kappa shape index (κ2) is 9.21. The van der Waals surface area contributed by atoms with Crippen molar-refractivity contribution in [1.82, 2.24) is 5.32 Å². The number of dihydropyridines is 1. The van der Waals surface area contributed by atoms with E-state index in [2.05, 4.69) is 5.32 Å². The first kappa shape index (κ1) is 23.5. The van der Waals surface area contributed by atoms with Crippen molar-refractivity contribution in [2.45, 2.75) is 70.3 Å². The lowest BCUT2D eigenvalue weighted by Gasteiger charge is -2.36. The Bertz CT molecular complexity index is 1520. The Labute approximate surface area is 214 Å². The van der Waals surface area contributed by atoms with Crippen molar-refractivity contribution >= 4 is 22.7 Å².